The highest BCUT2D eigenvalue weighted by Crippen LogP contribution is 2.30. The van der Waals surface area contributed by atoms with E-state index < -0.39 is 5.97 Å². The highest BCUT2D eigenvalue weighted by atomic mass is 32.1. The van der Waals surface area contributed by atoms with Crippen molar-refractivity contribution in [1.29, 1.82) is 0 Å². The highest BCUT2D eigenvalue weighted by Gasteiger charge is 2.31. The first-order chi connectivity index (χ1) is 13.4. The van der Waals surface area contributed by atoms with Crippen LogP contribution in [0.25, 0.3) is 10.2 Å². The first kappa shape index (κ1) is 20.7. The van der Waals surface area contributed by atoms with Crippen LogP contribution in [-0.4, -0.2) is 51.2 Å². The van der Waals surface area contributed by atoms with E-state index in [1.54, 1.807) is 6.92 Å². The molecule has 2 N–H and O–H groups in total. The van der Waals surface area contributed by atoms with Gasteiger partial charge < -0.3 is 14.8 Å². The SMILES string of the molecule is C=CCOC(=O)c1sc2nc(CN(CC(O)CCC)C3CC3)[nH]c(=O)c2c1C. The number of ether oxygens (including phenoxy) is 1. The lowest BCUT2D eigenvalue weighted by Crippen LogP contribution is -2.34. The van der Waals surface area contributed by atoms with Gasteiger partial charge >= 0.3 is 5.97 Å². The van der Waals surface area contributed by atoms with Gasteiger partial charge in [0.15, 0.2) is 0 Å². The number of hydrogen-bond donors (Lipinski definition) is 2. The maximum absolute atomic E-state index is 12.6. The summed E-state index contributed by atoms with van der Waals surface area (Å²) in [6.07, 6.45) is 5.01. The molecule has 0 bridgehead atoms. The molecule has 1 atom stereocenters. The Hall–Kier alpha value is -2.03. The van der Waals surface area contributed by atoms with Gasteiger partial charge in [0.2, 0.25) is 0 Å². The second kappa shape index (κ2) is 8.98. The second-order valence-corrected chi connectivity index (χ2v) is 8.24. The third kappa shape index (κ3) is 4.68. The van der Waals surface area contributed by atoms with E-state index >= 15 is 0 Å². The number of H-pyrrole nitrogens is 1. The molecule has 0 aliphatic heterocycles. The van der Waals surface area contributed by atoms with Crippen LogP contribution >= 0.6 is 11.3 Å². The number of nitrogens with one attached hydrogen (secondary N) is 1. The standard InChI is InChI=1S/C20H27N3O4S/c1-4-6-14(24)10-23(13-7-8-13)11-15-21-18(25)16-12(3)17(28-19(16)22-15)20(26)27-9-5-2/h5,13-14,24H,2,4,6-11H2,1,3H3,(H,21,22,25). The summed E-state index contributed by atoms with van der Waals surface area (Å²) in [5, 5.41) is 10.6. The third-order valence-corrected chi connectivity index (χ3v) is 6.02. The van der Waals surface area contributed by atoms with E-state index in [-0.39, 0.29) is 18.3 Å². The molecule has 8 heteroatoms. The second-order valence-electron chi connectivity index (χ2n) is 7.24. The molecule has 0 aromatic carbocycles. The summed E-state index contributed by atoms with van der Waals surface area (Å²) < 4.78 is 5.11. The minimum absolute atomic E-state index is 0.123. The zero-order valence-electron chi connectivity index (χ0n) is 16.4. The fourth-order valence-corrected chi connectivity index (χ4v) is 4.42. The van der Waals surface area contributed by atoms with Gasteiger partial charge in [0.05, 0.1) is 18.0 Å². The first-order valence-electron chi connectivity index (χ1n) is 9.67. The monoisotopic (exact) mass is 405 g/mol. The predicted molar refractivity (Wildman–Crippen MR) is 110 cm³/mol. The van der Waals surface area contributed by atoms with Crippen LogP contribution in [0.4, 0.5) is 0 Å². The minimum Gasteiger partial charge on any atom is -0.457 e. The van der Waals surface area contributed by atoms with E-state index in [1.807, 2.05) is 0 Å². The maximum atomic E-state index is 12.6. The molecule has 1 fully saturated rings. The van der Waals surface area contributed by atoms with Gasteiger partial charge in [-0.05, 0) is 31.7 Å². The number of esters is 1. The topological polar surface area (TPSA) is 95.5 Å². The number of nitrogens with zero attached hydrogens (tertiary/aromatic N) is 2. The first-order valence-corrected chi connectivity index (χ1v) is 10.5. The maximum Gasteiger partial charge on any atom is 0.348 e. The van der Waals surface area contributed by atoms with Crippen molar-refractivity contribution in [2.45, 2.75) is 58.2 Å². The van der Waals surface area contributed by atoms with Gasteiger partial charge in [-0.3, -0.25) is 9.69 Å². The molecule has 2 heterocycles. The number of rotatable bonds is 10. The Labute approximate surface area is 168 Å². The summed E-state index contributed by atoms with van der Waals surface area (Å²) in [5.41, 5.74) is 0.341. The molecule has 1 unspecified atom stereocenters. The molecule has 0 spiro atoms. The Balaban J connectivity index is 1.85. The smallest absolute Gasteiger partial charge is 0.348 e. The Kier molecular flexibility index (Phi) is 6.64. The van der Waals surface area contributed by atoms with Gasteiger partial charge in [-0.2, -0.15) is 0 Å². The lowest BCUT2D eigenvalue weighted by atomic mass is 10.2. The summed E-state index contributed by atoms with van der Waals surface area (Å²) in [4.78, 5) is 35.4. The molecule has 2 aromatic heterocycles. The van der Waals surface area contributed by atoms with Crippen molar-refractivity contribution in [2.75, 3.05) is 13.2 Å². The number of aromatic nitrogens is 2. The highest BCUT2D eigenvalue weighted by molar-refractivity contribution is 7.20. The molecule has 152 valence electrons. The van der Waals surface area contributed by atoms with Crippen LogP contribution in [0.3, 0.4) is 0 Å². The Morgan fingerprint density at radius 2 is 2.29 bits per heavy atom. The summed E-state index contributed by atoms with van der Waals surface area (Å²) in [5.74, 6) is 0.0870. The molecule has 0 amide bonds. The number of aliphatic hydroxyl groups is 1. The van der Waals surface area contributed by atoms with Crippen LogP contribution in [0.5, 0.6) is 0 Å². The van der Waals surface area contributed by atoms with Crippen LogP contribution in [0, 0.1) is 6.92 Å². The van der Waals surface area contributed by atoms with Crippen LogP contribution in [0.15, 0.2) is 17.4 Å². The van der Waals surface area contributed by atoms with Crippen molar-refractivity contribution in [1.82, 2.24) is 14.9 Å². The Bertz CT molecular complexity index is 916. The molecule has 1 aliphatic rings. The number of hydrogen-bond acceptors (Lipinski definition) is 7. The molecule has 7 nitrogen and oxygen atoms in total. The number of carbonyl (C=O) groups excluding carboxylic acids is 1. The zero-order valence-corrected chi connectivity index (χ0v) is 17.2. The molecule has 1 saturated carbocycles. The average molecular weight is 406 g/mol. The molecule has 0 saturated heterocycles. The largest absolute Gasteiger partial charge is 0.457 e. The quantitative estimate of drug-likeness (QED) is 0.466. The lowest BCUT2D eigenvalue weighted by molar-refractivity contribution is 0.0554. The summed E-state index contributed by atoms with van der Waals surface area (Å²) in [7, 11) is 0. The molecule has 1 aliphatic carbocycles. The van der Waals surface area contributed by atoms with Gasteiger partial charge in [-0.25, -0.2) is 9.78 Å². The molecule has 28 heavy (non-hydrogen) atoms. The van der Waals surface area contributed by atoms with Gasteiger partial charge in [-0.1, -0.05) is 26.0 Å². The minimum atomic E-state index is -0.469. The number of thiophene rings is 1. The van der Waals surface area contributed by atoms with E-state index in [9.17, 15) is 14.7 Å². The van der Waals surface area contributed by atoms with E-state index in [0.29, 0.717) is 45.6 Å². The van der Waals surface area contributed by atoms with Crippen molar-refractivity contribution in [3.8, 4) is 0 Å². The molecule has 0 radical (unpaired) electrons. The van der Waals surface area contributed by atoms with E-state index in [2.05, 4.69) is 28.4 Å². The van der Waals surface area contributed by atoms with Crippen LogP contribution in [0.1, 0.15) is 53.7 Å². The van der Waals surface area contributed by atoms with Crippen LogP contribution < -0.4 is 5.56 Å². The van der Waals surface area contributed by atoms with Crippen molar-refractivity contribution in [3.05, 3.63) is 39.3 Å². The number of aryl methyl sites for hydroxylation is 1. The Morgan fingerprint density at radius 3 is 2.93 bits per heavy atom. The number of aliphatic hydroxyl groups excluding tert-OH is 1. The van der Waals surface area contributed by atoms with Crippen molar-refractivity contribution < 1.29 is 14.6 Å². The third-order valence-electron chi connectivity index (χ3n) is 4.85. The summed E-state index contributed by atoms with van der Waals surface area (Å²) in [6, 6.07) is 0.432. The number of fused-ring (bicyclic) bond motifs is 1. The van der Waals surface area contributed by atoms with Crippen molar-refractivity contribution >= 4 is 27.5 Å². The van der Waals surface area contributed by atoms with Crippen LogP contribution in [0.2, 0.25) is 0 Å². The fraction of sp³-hybridized carbons (Fsp3) is 0.550. The van der Waals surface area contributed by atoms with E-state index in [0.717, 1.165) is 25.7 Å². The molecule has 2 aromatic rings. The summed E-state index contributed by atoms with van der Waals surface area (Å²) in [6.45, 7) is 8.49. The van der Waals surface area contributed by atoms with Crippen LogP contribution in [-0.2, 0) is 11.3 Å². The van der Waals surface area contributed by atoms with Gasteiger partial charge in [0.1, 0.15) is 22.1 Å². The van der Waals surface area contributed by atoms with Crippen molar-refractivity contribution in [3.63, 3.8) is 0 Å². The van der Waals surface area contributed by atoms with E-state index in [1.165, 1.54) is 17.4 Å². The van der Waals surface area contributed by atoms with Crippen molar-refractivity contribution in [2.24, 2.45) is 0 Å². The molecular formula is C20H27N3O4S. The normalized spacial score (nSPS) is 15.1. The average Bonchev–Trinajstić information content (AvgIpc) is 3.43. The van der Waals surface area contributed by atoms with Gasteiger partial charge in [-0.15, -0.1) is 11.3 Å². The lowest BCUT2D eigenvalue weighted by Gasteiger charge is -2.24. The van der Waals surface area contributed by atoms with Gasteiger partial charge in [0.25, 0.3) is 5.56 Å². The Morgan fingerprint density at radius 1 is 1.54 bits per heavy atom. The number of aromatic amines is 1. The fourth-order valence-electron chi connectivity index (χ4n) is 3.33. The summed E-state index contributed by atoms with van der Waals surface area (Å²) >= 11 is 1.18. The van der Waals surface area contributed by atoms with E-state index in [4.69, 9.17) is 4.74 Å². The molecular weight excluding hydrogens is 378 g/mol. The van der Waals surface area contributed by atoms with Gasteiger partial charge in [0, 0.05) is 12.6 Å². The number of carbonyl (C=O) groups is 1. The predicted octanol–water partition coefficient (Wildman–Crippen LogP) is 2.76. The zero-order chi connectivity index (χ0) is 20.3. The molecule has 3 rings (SSSR count).